The molecular formula is C35H35Cl2N7O8S. The first-order valence-electron chi connectivity index (χ1n) is 16.3. The van der Waals surface area contributed by atoms with Gasteiger partial charge in [0.05, 0.1) is 36.3 Å². The molecule has 2 aliphatic carbocycles. The molecule has 0 bridgehead atoms. The van der Waals surface area contributed by atoms with Crippen LogP contribution in [0.5, 0.6) is 17.5 Å². The molecule has 2 saturated carbocycles. The predicted octanol–water partition coefficient (Wildman–Crippen LogP) is 6.02. The number of nitrogens with one attached hydrogen (secondary N) is 1. The van der Waals surface area contributed by atoms with Crippen LogP contribution in [0, 0.1) is 10.8 Å². The number of carbonyl (C=O) groups is 2. The summed E-state index contributed by atoms with van der Waals surface area (Å²) in [6, 6.07) is 14.9. The highest BCUT2D eigenvalue weighted by Gasteiger charge is 2.39. The highest BCUT2D eigenvalue weighted by Crippen LogP contribution is 2.45. The molecule has 0 spiro atoms. The van der Waals surface area contributed by atoms with Crippen molar-refractivity contribution in [2.45, 2.75) is 44.4 Å². The van der Waals surface area contributed by atoms with E-state index in [9.17, 15) is 18.0 Å². The number of carboxylic acids is 1. The third-order valence-corrected chi connectivity index (χ3v) is 10.6. The first-order valence-corrected chi connectivity index (χ1v) is 18.6. The van der Waals surface area contributed by atoms with Crippen molar-refractivity contribution in [1.29, 1.82) is 0 Å². The van der Waals surface area contributed by atoms with Crippen LogP contribution in [-0.4, -0.2) is 75.3 Å². The summed E-state index contributed by atoms with van der Waals surface area (Å²) in [6.45, 7) is 5.58. The Morgan fingerprint density at radius 3 is 1.66 bits per heavy atom. The standard InChI is InChI=1S/C21H21ClN4O5S.C14H14ClN3O3/c1-21(10-11-21)13-31-18-9-12-26(24-18)17-8-7-16(19(22)23-17)20(27)25-32(28,29)15-5-3-14(30-2)4-6-15;1-14(5-6-14)8-21-11-4-7-18(17-11)10-3-2-9(13(19)20)12(15)16-10/h3-9,12H,10-11,13H2,1-2H3,(H,25,27);2-4,7H,5-6,8H2,1H3,(H,19,20). The van der Waals surface area contributed by atoms with Crippen molar-refractivity contribution in [1.82, 2.24) is 34.3 Å². The zero-order chi connectivity index (χ0) is 38.0. The van der Waals surface area contributed by atoms with Crippen LogP contribution in [0.25, 0.3) is 11.6 Å². The third kappa shape index (κ3) is 9.43. The molecule has 278 valence electrons. The van der Waals surface area contributed by atoms with Gasteiger partial charge in [0.15, 0.2) is 11.6 Å². The van der Waals surface area contributed by atoms with Crippen LogP contribution in [0.15, 0.2) is 78.0 Å². The molecular weight excluding hydrogens is 749 g/mol. The van der Waals surface area contributed by atoms with Crippen LogP contribution in [-0.2, 0) is 10.0 Å². The molecule has 0 aliphatic heterocycles. The number of amides is 1. The normalized spacial score (nSPS) is 15.0. The summed E-state index contributed by atoms with van der Waals surface area (Å²) in [7, 11) is -2.63. The van der Waals surface area contributed by atoms with Gasteiger partial charge in [0.2, 0.25) is 11.8 Å². The molecule has 53 heavy (non-hydrogen) atoms. The maximum Gasteiger partial charge on any atom is 0.338 e. The average Bonchev–Trinajstić information content (AvgIpc) is 3.89. The lowest BCUT2D eigenvalue weighted by molar-refractivity contribution is 0.0696. The number of methoxy groups -OCH3 is 1. The molecule has 1 amide bonds. The average molecular weight is 785 g/mol. The predicted molar refractivity (Wildman–Crippen MR) is 193 cm³/mol. The number of carboxylic acid groups (broad SMARTS) is 1. The van der Waals surface area contributed by atoms with E-state index in [0.29, 0.717) is 42.4 Å². The molecule has 4 heterocycles. The highest BCUT2D eigenvalue weighted by atomic mass is 35.5. The minimum Gasteiger partial charge on any atom is -0.497 e. The smallest absolute Gasteiger partial charge is 0.338 e. The van der Waals surface area contributed by atoms with E-state index in [1.807, 2.05) is 4.72 Å². The Labute approximate surface area is 314 Å². The van der Waals surface area contributed by atoms with Crippen LogP contribution in [0.2, 0.25) is 10.3 Å². The monoisotopic (exact) mass is 783 g/mol. The van der Waals surface area contributed by atoms with Crippen molar-refractivity contribution in [3.63, 3.8) is 0 Å². The van der Waals surface area contributed by atoms with E-state index in [1.165, 1.54) is 71.8 Å². The Morgan fingerprint density at radius 2 is 1.25 bits per heavy atom. The maximum absolute atomic E-state index is 12.5. The SMILES string of the molecule is CC1(COc2ccn(-c3ccc(C(=O)O)c(Cl)n3)n2)CC1.COc1ccc(S(=O)(=O)NC(=O)c2ccc(-n3ccc(OCC4(C)CC4)n3)nc2Cl)cc1. The van der Waals surface area contributed by atoms with E-state index in [2.05, 4.69) is 34.0 Å². The van der Waals surface area contributed by atoms with Gasteiger partial charge < -0.3 is 19.3 Å². The van der Waals surface area contributed by atoms with Gasteiger partial charge in [0.25, 0.3) is 15.9 Å². The summed E-state index contributed by atoms with van der Waals surface area (Å²) in [4.78, 5) is 31.5. The second-order valence-electron chi connectivity index (χ2n) is 13.3. The number of ether oxygens (including phenoxy) is 3. The van der Waals surface area contributed by atoms with Gasteiger partial charge in [0.1, 0.15) is 16.1 Å². The molecule has 4 aromatic heterocycles. The molecule has 2 N–H and O–H groups in total. The number of hydrogen-bond donors (Lipinski definition) is 2. The summed E-state index contributed by atoms with van der Waals surface area (Å²) in [5, 5.41) is 17.3. The van der Waals surface area contributed by atoms with Gasteiger partial charge in [-0.25, -0.2) is 37.3 Å². The fraction of sp³-hybridized carbons (Fsp3) is 0.314. The Morgan fingerprint density at radius 1 is 0.774 bits per heavy atom. The van der Waals surface area contributed by atoms with Crippen LogP contribution >= 0.6 is 23.2 Å². The summed E-state index contributed by atoms with van der Waals surface area (Å²) < 4.78 is 46.3. The summed E-state index contributed by atoms with van der Waals surface area (Å²) in [6.07, 6.45) is 8.01. The zero-order valence-electron chi connectivity index (χ0n) is 28.8. The summed E-state index contributed by atoms with van der Waals surface area (Å²) in [5.74, 6) is 0.265. The van der Waals surface area contributed by atoms with E-state index < -0.39 is 21.9 Å². The molecule has 0 radical (unpaired) electrons. The molecule has 2 aliphatic rings. The number of hydrogen-bond acceptors (Lipinski definition) is 11. The van der Waals surface area contributed by atoms with Gasteiger partial charge in [0, 0.05) is 35.4 Å². The number of sulfonamides is 1. The quantitative estimate of drug-likeness (QED) is 0.132. The van der Waals surface area contributed by atoms with Crippen molar-refractivity contribution < 1.29 is 37.3 Å². The molecule has 0 unspecified atom stereocenters. The number of aromatic carboxylic acids is 1. The molecule has 5 aromatic rings. The van der Waals surface area contributed by atoms with Gasteiger partial charge >= 0.3 is 5.97 Å². The van der Waals surface area contributed by atoms with Gasteiger partial charge in [-0.15, -0.1) is 10.2 Å². The van der Waals surface area contributed by atoms with E-state index >= 15 is 0 Å². The number of rotatable bonds is 13. The molecule has 7 rings (SSSR count). The molecule has 0 atom stereocenters. The van der Waals surface area contributed by atoms with Crippen LogP contribution in [0.1, 0.15) is 60.2 Å². The van der Waals surface area contributed by atoms with Crippen LogP contribution in [0.4, 0.5) is 0 Å². The zero-order valence-corrected chi connectivity index (χ0v) is 31.2. The first-order chi connectivity index (χ1) is 25.2. The number of halogens is 2. The van der Waals surface area contributed by atoms with Crippen molar-refractivity contribution in [2.75, 3.05) is 20.3 Å². The lowest BCUT2D eigenvalue weighted by Gasteiger charge is -2.10. The second kappa shape index (κ2) is 15.0. The van der Waals surface area contributed by atoms with Gasteiger partial charge in [-0.1, -0.05) is 37.0 Å². The molecule has 15 nitrogen and oxygen atoms in total. The fourth-order valence-corrected chi connectivity index (χ4v) is 6.09. The van der Waals surface area contributed by atoms with E-state index in [0.717, 1.165) is 12.8 Å². The van der Waals surface area contributed by atoms with Crippen molar-refractivity contribution in [3.8, 4) is 29.1 Å². The Balaban J connectivity index is 0.000000198. The van der Waals surface area contributed by atoms with Crippen molar-refractivity contribution in [3.05, 3.63) is 94.5 Å². The lowest BCUT2D eigenvalue weighted by Crippen LogP contribution is -2.31. The Kier molecular flexibility index (Phi) is 10.7. The number of benzene rings is 1. The van der Waals surface area contributed by atoms with Crippen LogP contribution < -0.4 is 18.9 Å². The fourth-order valence-electron chi connectivity index (χ4n) is 4.66. The number of carbonyl (C=O) groups excluding carboxylic acids is 1. The molecule has 2 fully saturated rings. The topological polar surface area (TPSA) is 190 Å². The third-order valence-electron chi connectivity index (χ3n) is 8.68. The molecule has 1 aromatic carbocycles. The highest BCUT2D eigenvalue weighted by molar-refractivity contribution is 7.90. The molecule has 0 saturated heterocycles. The molecule has 18 heteroatoms. The maximum atomic E-state index is 12.5. The van der Waals surface area contributed by atoms with Gasteiger partial charge in [-0.05, 0) is 74.2 Å². The lowest BCUT2D eigenvalue weighted by atomic mass is 10.2. The minimum atomic E-state index is -4.10. The summed E-state index contributed by atoms with van der Waals surface area (Å²) >= 11 is 12.0. The van der Waals surface area contributed by atoms with Crippen molar-refractivity contribution in [2.24, 2.45) is 10.8 Å². The number of nitrogens with zero attached hydrogens (tertiary/aromatic N) is 6. The largest absolute Gasteiger partial charge is 0.497 e. The first kappa shape index (κ1) is 37.6. The van der Waals surface area contributed by atoms with E-state index in [-0.39, 0.29) is 37.2 Å². The Hall–Kier alpha value is -5.19. The van der Waals surface area contributed by atoms with E-state index in [4.69, 9.17) is 42.5 Å². The van der Waals surface area contributed by atoms with E-state index in [1.54, 1.807) is 30.6 Å². The Bertz CT molecular complexity index is 2250. The minimum absolute atomic E-state index is 0.0364. The van der Waals surface area contributed by atoms with Crippen molar-refractivity contribution >= 4 is 45.1 Å². The number of pyridine rings is 2. The second-order valence-corrected chi connectivity index (χ2v) is 15.7. The summed E-state index contributed by atoms with van der Waals surface area (Å²) in [5.41, 5.74) is 0.393. The number of aromatic nitrogens is 6. The van der Waals surface area contributed by atoms with Gasteiger partial charge in [-0.2, -0.15) is 0 Å². The van der Waals surface area contributed by atoms with Gasteiger partial charge in [-0.3, -0.25) is 4.79 Å². The van der Waals surface area contributed by atoms with Crippen LogP contribution in [0.3, 0.4) is 0 Å².